The number of carbonyl (C=O) groups excluding carboxylic acids is 1. The number of benzene rings is 1. The van der Waals surface area contributed by atoms with Gasteiger partial charge in [-0.3, -0.25) is 9.48 Å². The van der Waals surface area contributed by atoms with Crippen molar-refractivity contribution in [2.45, 2.75) is 50.3 Å². The monoisotopic (exact) mass is 390 g/mol. The molecule has 4 rings (SSSR count). The van der Waals surface area contributed by atoms with E-state index in [0.717, 1.165) is 43.7 Å². The van der Waals surface area contributed by atoms with Gasteiger partial charge in [-0.2, -0.15) is 5.10 Å². The molecule has 1 aromatic heterocycles. The zero-order valence-electron chi connectivity index (χ0n) is 15.8. The van der Waals surface area contributed by atoms with Crippen molar-refractivity contribution in [2.24, 2.45) is 0 Å². The lowest BCUT2D eigenvalue weighted by Crippen LogP contribution is -2.56. The van der Waals surface area contributed by atoms with E-state index in [2.05, 4.69) is 29.6 Å². The van der Waals surface area contributed by atoms with Gasteiger partial charge in [0.15, 0.2) is 0 Å². The zero-order chi connectivity index (χ0) is 18.2. The number of fused-ring (bicyclic) bond motifs is 1. The van der Waals surface area contributed by atoms with E-state index in [-0.39, 0.29) is 30.0 Å². The first-order valence-electron chi connectivity index (χ1n) is 9.30. The van der Waals surface area contributed by atoms with E-state index in [1.807, 2.05) is 41.2 Å². The minimum absolute atomic E-state index is 0. The van der Waals surface area contributed by atoms with Crippen LogP contribution in [0.5, 0.6) is 5.75 Å². The molecule has 1 aromatic carbocycles. The first-order valence-corrected chi connectivity index (χ1v) is 9.30. The van der Waals surface area contributed by atoms with E-state index < -0.39 is 5.54 Å². The molecule has 0 radical (unpaired) electrons. The first-order chi connectivity index (χ1) is 12.5. The number of carbonyl (C=O) groups is 1. The van der Waals surface area contributed by atoms with Gasteiger partial charge in [0.05, 0.1) is 6.04 Å². The molecule has 2 aromatic rings. The van der Waals surface area contributed by atoms with Crippen LogP contribution in [0, 0.1) is 0 Å². The SMILES string of the molecule is CC1(C)CC(NC(=O)C2(n3cccn3)CCNCC2)c2ccccc2O1.Cl. The fourth-order valence-electron chi connectivity index (χ4n) is 4.15. The van der Waals surface area contributed by atoms with Crippen LogP contribution in [0.1, 0.15) is 44.7 Å². The molecule has 146 valence electrons. The van der Waals surface area contributed by atoms with E-state index in [4.69, 9.17) is 4.74 Å². The van der Waals surface area contributed by atoms with Gasteiger partial charge in [0, 0.05) is 24.4 Å². The minimum Gasteiger partial charge on any atom is -0.487 e. The third-order valence-electron chi connectivity index (χ3n) is 5.48. The molecule has 1 atom stereocenters. The van der Waals surface area contributed by atoms with E-state index in [9.17, 15) is 4.79 Å². The van der Waals surface area contributed by atoms with E-state index in [1.165, 1.54) is 0 Å². The summed E-state index contributed by atoms with van der Waals surface area (Å²) in [7, 11) is 0. The Morgan fingerprint density at radius 2 is 2.00 bits per heavy atom. The van der Waals surface area contributed by atoms with Gasteiger partial charge in [-0.1, -0.05) is 18.2 Å². The smallest absolute Gasteiger partial charge is 0.248 e. The normalized spacial score (nSPS) is 22.7. The zero-order valence-corrected chi connectivity index (χ0v) is 16.6. The molecule has 2 N–H and O–H groups in total. The molecule has 0 spiro atoms. The van der Waals surface area contributed by atoms with Crippen LogP contribution >= 0.6 is 12.4 Å². The highest BCUT2D eigenvalue weighted by molar-refractivity contribution is 5.85. The number of para-hydroxylation sites is 1. The second kappa shape index (κ2) is 7.52. The third-order valence-corrected chi connectivity index (χ3v) is 5.48. The average molecular weight is 391 g/mol. The maximum absolute atomic E-state index is 13.5. The number of amides is 1. The number of piperidine rings is 1. The van der Waals surface area contributed by atoms with Crippen LogP contribution in [-0.4, -0.2) is 34.4 Å². The Morgan fingerprint density at radius 3 is 2.70 bits per heavy atom. The van der Waals surface area contributed by atoms with Gasteiger partial charge in [0.2, 0.25) is 5.91 Å². The molecule has 6 nitrogen and oxygen atoms in total. The molecule has 1 amide bonds. The fourth-order valence-corrected chi connectivity index (χ4v) is 4.15. The molecular weight excluding hydrogens is 364 g/mol. The summed E-state index contributed by atoms with van der Waals surface area (Å²) in [5.41, 5.74) is 0.0931. The highest BCUT2D eigenvalue weighted by atomic mass is 35.5. The molecule has 0 saturated carbocycles. The summed E-state index contributed by atoms with van der Waals surface area (Å²) >= 11 is 0. The summed E-state index contributed by atoms with van der Waals surface area (Å²) in [4.78, 5) is 13.5. The van der Waals surface area contributed by atoms with Crippen LogP contribution in [0.2, 0.25) is 0 Å². The Bertz CT molecular complexity index is 785. The number of rotatable bonds is 3. The molecule has 0 bridgehead atoms. The van der Waals surface area contributed by atoms with Crippen LogP contribution in [0.15, 0.2) is 42.7 Å². The third kappa shape index (κ3) is 3.69. The number of nitrogens with one attached hydrogen (secondary N) is 2. The van der Waals surface area contributed by atoms with Gasteiger partial charge < -0.3 is 15.4 Å². The number of hydrogen-bond acceptors (Lipinski definition) is 4. The summed E-state index contributed by atoms with van der Waals surface area (Å²) in [6.45, 7) is 5.75. The number of nitrogens with zero attached hydrogens (tertiary/aromatic N) is 2. The Morgan fingerprint density at radius 1 is 1.26 bits per heavy atom. The number of halogens is 1. The van der Waals surface area contributed by atoms with Crippen molar-refractivity contribution in [3.63, 3.8) is 0 Å². The second-order valence-electron chi connectivity index (χ2n) is 7.86. The standard InChI is InChI=1S/C20H26N4O2.ClH/c1-19(2)14-16(15-6-3-4-7-17(15)26-19)23-18(25)20(8-11-21-12-9-20)24-13-5-10-22-24;/h3-7,10,13,16,21H,8-9,11-12,14H2,1-2H3,(H,23,25);1H. The lowest BCUT2D eigenvalue weighted by Gasteiger charge is -2.41. The van der Waals surface area contributed by atoms with Crippen molar-refractivity contribution in [1.29, 1.82) is 0 Å². The van der Waals surface area contributed by atoms with E-state index >= 15 is 0 Å². The highest BCUT2D eigenvalue weighted by Gasteiger charge is 2.44. The summed E-state index contributed by atoms with van der Waals surface area (Å²) in [5.74, 6) is 0.896. The molecule has 1 saturated heterocycles. The molecule has 1 unspecified atom stereocenters. The number of ether oxygens (including phenoxy) is 1. The second-order valence-corrected chi connectivity index (χ2v) is 7.86. The maximum Gasteiger partial charge on any atom is 0.248 e. The molecule has 1 fully saturated rings. The fraction of sp³-hybridized carbons (Fsp3) is 0.500. The lowest BCUT2D eigenvalue weighted by molar-refractivity contribution is -0.133. The van der Waals surface area contributed by atoms with Gasteiger partial charge in [0.1, 0.15) is 16.9 Å². The van der Waals surface area contributed by atoms with Crippen molar-refractivity contribution in [2.75, 3.05) is 13.1 Å². The van der Waals surface area contributed by atoms with Crippen LogP contribution in [-0.2, 0) is 10.3 Å². The topological polar surface area (TPSA) is 68.2 Å². The lowest BCUT2D eigenvalue weighted by atomic mass is 9.85. The molecular formula is C20H27ClN4O2. The van der Waals surface area contributed by atoms with Crippen LogP contribution in [0.3, 0.4) is 0 Å². The van der Waals surface area contributed by atoms with Crippen molar-refractivity contribution < 1.29 is 9.53 Å². The number of hydrogen-bond donors (Lipinski definition) is 2. The quantitative estimate of drug-likeness (QED) is 0.845. The summed E-state index contributed by atoms with van der Waals surface area (Å²) in [5, 5.41) is 11.1. The van der Waals surface area contributed by atoms with Crippen molar-refractivity contribution in [3.05, 3.63) is 48.3 Å². The molecule has 3 heterocycles. The minimum atomic E-state index is -0.633. The predicted molar refractivity (Wildman–Crippen MR) is 106 cm³/mol. The molecule has 7 heteroatoms. The predicted octanol–water partition coefficient (Wildman–Crippen LogP) is 2.80. The van der Waals surface area contributed by atoms with Crippen molar-refractivity contribution >= 4 is 18.3 Å². The summed E-state index contributed by atoms with van der Waals surface area (Å²) in [6.07, 6.45) is 5.84. The molecule has 27 heavy (non-hydrogen) atoms. The van der Waals surface area contributed by atoms with E-state index in [0.29, 0.717) is 0 Å². The first kappa shape index (κ1) is 19.7. The molecule has 2 aliphatic rings. The van der Waals surface area contributed by atoms with Crippen LogP contribution < -0.4 is 15.4 Å². The van der Waals surface area contributed by atoms with Gasteiger partial charge in [-0.15, -0.1) is 12.4 Å². The van der Waals surface area contributed by atoms with Crippen LogP contribution in [0.4, 0.5) is 0 Å². The number of aromatic nitrogens is 2. The summed E-state index contributed by atoms with van der Waals surface area (Å²) in [6, 6.07) is 9.79. The van der Waals surface area contributed by atoms with Crippen LogP contribution in [0.25, 0.3) is 0 Å². The highest BCUT2D eigenvalue weighted by Crippen LogP contribution is 2.40. The van der Waals surface area contributed by atoms with E-state index in [1.54, 1.807) is 6.20 Å². The van der Waals surface area contributed by atoms with Gasteiger partial charge >= 0.3 is 0 Å². The summed E-state index contributed by atoms with van der Waals surface area (Å²) < 4.78 is 7.93. The Kier molecular flexibility index (Phi) is 5.49. The Balaban J connectivity index is 0.00000210. The Hall–Kier alpha value is -2.05. The van der Waals surface area contributed by atoms with Gasteiger partial charge in [-0.25, -0.2) is 0 Å². The van der Waals surface area contributed by atoms with Crippen molar-refractivity contribution in [1.82, 2.24) is 20.4 Å². The van der Waals surface area contributed by atoms with Gasteiger partial charge in [-0.05, 0) is 51.9 Å². The molecule has 2 aliphatic heterocycles. The average Bonchev–Trinajstić information content (AvgIpc) is 3.16. The Labute approximate surface area is 166 Å². The maximum atomic E-state index is 13.5. The largest absolute Gasteiger partial charge is 0.487 e. The molecule has 0 aliphatic carbocycles. The van der Waals surface area contributed by atoms with Crippen molar-refractivity contribution in [3.8, 4) is 5.75 Å². The van der Waals surface area contributed by atoms with Gasteiger partial charge in [0.25, 0.3) is 0 Å².